The van der Waals surface area contributed by atoms with Crippen LogP contribution in [0.1, 0.15) is 49.8 Å². The number of carbonyl (C=O) groups excluding carboxylic acids is 2. The molecule has 0 saturated heterocycles. The lowest BCUT2D eigenvalue weighted by molar-refractivity contribution is -0.131. The van der Waals surface area contributed by atoms with Crippen LogP contribution in [0.5, 0.6) is 0 Å². The van der Waals surface area contributed by atoms with Gasteiger partial charge in [-0.2, -0.15) is 0 Å². The summed E-state index contributed by atoms with van der Waals surface area (Å²) in [4.78, 5) is 25.0. The van der Waals surface area contributed by atoms with Gasteiger partial charge in [-0.15, -0.1) is 11.3 Å². The first-order chi connectivity index (χ1) is 10.2. The molecule has 1 aromatic rings. The highest BCUT2D eigenvalue weighted by molar-refractivity contribution is 7.10. The van der Waals surface area contributed by atoms with Crippen LogP contribution in [-0.4, -0.2) is 18.4 Å². The summed E-state index contributed by atoms with van der Waals surface area (Å²) in [5.41, 5.74) is -0.881. The number of carbonyl (C=O) groups is 2. The van der Waals surface area contributed by atoms with Gasteiger partial charge in [0.15, 0.2) is 5.54 Å². The summed E-state index contributed by atoms with van der Waals surface area (Å²) in [5, 5.41) is 7.93. The van der Waals surface area contributed by atoms with Crippen LogP contribution in [0.25, 0.3) is 0 Å². The lowest BCUT2D eigenvalue weighted by Gasteiger charge is -2.33. The molecule has 0 aliphatic heterocycles. The maximum atomic E-state index is 12.9. The first kappa shape index (κ1) is 14.6. The Kier molecular flexibility index (Phi) is 4.29. The van der Waals surface area contributed by atoms with Gasteiger partial charge in [0.25, 0.3) is 5.91 Å². The normalized spacial score (nSPS) is 21.7. The Balaban J connectivity index is 1.88. The van der Waals surface area contributed by atoms with Crippen molar-refractivity contribution in [3.63, 3.8) is 0 Å². The van der Waals surface area contributed by atoms with E-state index in [1.54, 1.807) is 11.3 Å². The van der Waals surface area contributed by atoms with Crippen LogP contribution in [0, 0.1) is 5.92 Å². The molecule has 1 atom stereocenters. The van der Waals surface area contributed by atoms with Gasteiger partial charge < -0.3 is 10.6 Å². The highest BCUT2D eigenvalue weighted by Gasteiger charge is 2.44. The van der Waals surface area contributed by atoms with Crippen molar-refractivity contribution in [3.05, 3.63) is 22.4 Å². The first-order valence-electron chi connectivity index (χ1n) is 7.81. The van der Waals surface area contributed by atoms with E-state index >= 15 is 0 Å². The smallest absolute Gasteiger partial charge is 0.251 e. The first-order valence-corrected chi connectivity index (χ1v) is 8.69. The Morgan fingerprint density at radius 1 is 1.33 bits per heavy atom. The standard InChI is InChI=1S/C16H22N2O2S/c19-11-17-16(14-6-3-9-21-14,10-12-4-1-2-5-12)15(20)18-13-7-8-13/h3,6,9,11-13H,1-2,4-5,7-8,10H2,(H,17,19)(H,18,20). The molecule has 3 rings (SSSR count). The van der Waals surface area contributed by atoms with E-state index in [-0.39, 0.29) is 5.91 Å². The van der Waals surface area contributed by atoms with E-state index in [4.69, 9.17) is 0 Å². The minimum absolute atomic E-state index is 0.0357. The molecule has 21 heavy (non-hydrogen) atoms. The topological polar surface area (TPSA) is 58.2 Å². The van der Waals surface area contributed by atoms with Gasteiger partial charge in [0.2, 0.25) is 6.41 Å². The summed E-state index contributed by atoms with van der Waals surface area (Å²) >= 11 is 1.55. The predicted molar refractivity (Wildman–Crippen MR) is 82.9 cm³/mol. The second-order valence-electron chi connectivity index (χ2n) is 6.25. The highest BCUT2D eigenvalue weighted by atomic mass is 32.1. The molecule has 1 heterocycles. The van der Waals surface area contributed by atoms with E-state index in [1.165, 1.54) is 12.8 Å². The lowest BCUT2D eigenvalue weighted by atomic mass is 9.84. The fourth-order valence-corrected chi connectivity index (χ4v) is 4.20. The minimum atomic E-state index is -0.881. The maximum Gasteiger partial charge on any atom is 0.251 e. The van der Waals surface area contributed by atoms with Gasteiger partial charge in [0.1, 0.15) is 0 Å². The summed E-state index contributed by atoms with van der Waals surface area (Å²) in [5.74, 6) is 0.482. The third kappa shape index (κ3) is 3.12. The van der Waals surface area contributed by atoms with Crippen molar-refractivity contribution in [1.29, 1.82) is 0 Å². The number of hydrogen-bond donors (Lipinski definition) is 2. The maximum absolute atomic E-state index is 12.9. The monoisotopic (exact) mass is 306 g/mol. The zero-order chi connectivity index (χ0) is 14.7. The largest absolute Gasteiger partial charge is 0.351 e. The fraction of sp³-hybridized carbons (Fsp3) is 0.625. The van der Waals surface area contributed by atoms with E-state index in [1.807, 2.05) is 17.5 Å². The molecule has 0 bridgehead atoms. The van der Waals surface area contributed by atoms with E-state index in [0.717, 1.165) is 30.6 Å². The third-order valence-corrected chi connectivity index (χ3v) is 5.65. The van der Waals surface area contributed by atoms with Crippen LogP contribution in [0.2, 0.25) is 0 Å². The lowest BCUT2D eigenvalue weighted by Crippen LogP contribution is -2.55. The van der Waals surface area contributed by atoms with Crippen molar-refractivity contribution in [3.8, 4) is 0 Å². The molecular formula is C16H22N2O2S. The molecule has 4 nitrogen and oxygen atoms in total. The van der Waals surface area contributed by atoms with E-state index < -0.39 is 5.54 Å². The molecule has 0 radical (unpaired) electrons. The number of hydrogen-bond acceptors (Lipinski definition) is 3. The van der Waals surface area contributed by atoms with Crippen molar-refractivity contribution in [2.75, 3.05) is 0 Å². The Hall–Kier alpha value is -1.36. The Bertz CT molecular complexity index is 492. The fourth-order valence-electron chi connectivity index (χ4n) is 3.31. The summed E-state index contributed by atoms with van der Waals surface area (Å²) in [6.07, 6.45) is 8.28. The van der Waals surface area contributed by atoms with Crippen molar-refractivity contribution >= 4 is 23.7 Å². The molecule has 0 aromatic carbocycles. The zero-order valence-electron chi connectivity index (χ0n) is 12.1. The van der Waals surface area contributed by atoms with Gasteiger partial charge in [0, 0.05) is 10.9 Å². The van der Waals surface area contributed by atoms with E-state index in [2.05, 4.69) is 10.6 Å². The second kappa shape index (κ2) is 6.18. The molecule has 2 N–H and O–H groups in total. The average molecular weight is 306 g/mol. The summed E-state index contributed by atoms with van der Waals surface area (Å²) in [6, 6.07) is 4.21. The number of thiophene rings is 1. The zero-order valence-corrected chi connectivity index (χ0v) is 13.0. The van der Waals surface area contributed by atoms with E-state index in [0.29, 0.717) is 24.8 Å². The summed E-state index contributed by atoms with van der Waals surface area (Å²) < 4.78 is 0. The molecule has 2 fully saturated rings. The molecule has 2 amide bonds. The second-order valence-corrected chi connectivity index (χ2v) is 7.19. The average Bonchev–Trinajstić information content (AvgIpc) is 2.97. The Labute approximate surface area is 129 Å². The third-order valence-electron chi connectivity index (χ3n) is 4.62. The van der Waals surface area contributed by atoms with Gasteiger partial charge in [-0.05, 0) is 36.6 Å². The highest BCUT2D eigenvalue weighted by Crippen LogP contribution is 2.39. The molecule has 5 heteroatoms. The quantitative estimate of drug-likeness (QED) is 0.761. The molecule has 2 aliphatic carbocycles. The molecule has 2 saturated carbocycles. The molecule has 1 aromatic heterocycles. The van der Waals surface area contributed by atoms with Crippen molar-refractivity contribution in [1.82, 2.24) is 10.6 Å². The van der Waals surface area contributed by atoms with Crippen molar-refractivity contribution in [2.45, 2.75) is 56.5 Å². The van der Waals surface area contributed by atoms with Crippen molar-refractivity contribution in [2.24, 2.45) is 5.92 Å². The van der Waals surface area contributed by atoms with Gasteiger partial charge >= 0.3 is 0 Å². The van der Waals surface area contributed by atoms with Crippen LogP contribution in [0.4, 0.5) is 0 Å². The molecular weight excluding hydrogens is 284 g/mol. The SMILES string of the molecule is O=CNC(CC1CCCC1)(C(=O)NC1CC1)c1cccs1. The van der Waals surface area contributed by atoms with Crippen LogP contribution in [0.3, 0.4) is 0 Å². The van der Waals surface area contributed by atoms with Crippen LogP contribution in [-0.2, 0) is 15.1 Å². The van der Waals surface area contributed by atoms with Crippen LogP contribution < -0.4 is 10.6 Å². The molecule has 114 valence electrons. The Morgan fingerprint density at radius 2 is 2.10 bits per heavy atom. The van der Waals surface area contributed by atoms with Gasteiger partial charge in [-0.3, -0.25) is 9.59 Å². The molecule has 2 aliphatic rings. The summed E-state index contributed by atoms with van der Waals surface area (Å²) in [7, 11) is 0. The van der Waals surface area contributed by atoms with Crippen molar-refractivity contribution < 1.29 is 9.59 Å². The molecule has 1 unspecified atom stereocenters. The predicted octanol–water partition coefficient (Wildman–Crippen LogP) is 2.55. The van der Waals surface area contributed by atoms with Gasteiger partial charge in [-0.25, -0.2) is 0 Å². The van der Waals surface area contributed by atoms with Crippen LogP contribution >= 0.6 is 11.3 Å². The van der Waals surface area contributed by atoms with Gasteiger partial charge in [0.05, 0.1) is 0 Å². The number of amides is 2. The number of rotatable bonds is 7. The van der Waals surface area contributed by atoms with Crippen LogP contribution in [0.15, 0.2) is 17.5 Å². The number of nitrogens with one attached hydrogen (secondary N) is 2. The summed E-state index contributed by atoms with van der Waals surface area (Å²) in [6.45, 7) is 0. The Morgan fingerprint density at radius 3 is 2.67 bits per heavy atom. The van der Waals surface area contributed by atoms with Gasteiger partial charge in [-0.1, -0.05) is 31.7 Å². The molecule has 0 spiro atoms. The van der Waals surface area contributed by atoms with E-state index in [9.17, 15) is 9.59 Å². The minimum Gasteiger partial charge on any atom is -0.351 e.